The van der Waals surface area contributed by atoms with E-state index in [2.05, 4.69) is 35.3 Å². The molecule has 21 heavy (non-hydrogen) atoms. The molecule has 0 aliphatic heterocycles. The third-order valence-electron chi connectivity index (χ3n) is 4.00. The van der Waals surface area contributed by atoms with E-state index in [4.69, 9.17) is 9.47 Å². The highest BCUT2D eigenvalue weighted by molar-refractivity contribution is 6.17. The van der Waals surface area contributed by atoms with Crippen LogP contribution in [-0.4, -0.2) is 19.2 Å². The number of hydrogen-bond acceptors (Lipinski definition) is 2. The van der Waals surface area contributed by atoms with Gasteiger partial charge in [-0.1, -0.05) is 30.3 Å². The SMILES string of the molecule is COc1cc2ccc3c4ccccc4[nH]c3c2cc1OC. The second kappa shape index (κ2) is 4.42. The molecule has 4 rings (SSSR count). The van der Waals surface area contributed by atoms with Gasteiger partial charge in [-0.3, -0.25) is 0 Å². The molecule has 0 bridgehead atoms. The quantitative estimate of drug-likeness (QED) is 0.585. The molecule has 0 radical (unpaired) electrons. The number of ether oxygens (including phenoxy) is 2. The summed E-state index contributed by atoms with van der Waals surface area (Å²) in [7, 11) is 3.32. The number of aromatic nitrogens is 1. The van der Waals surface area contributed by atoms with Crippen LogP contribution in [0.2, 0.25) is 0 Å². The van der Waals surface area contributed by atoms with Gasteiger partial charge in [0.25, 0.3) is 0 Å². The molecule has 0 amide bonds. The molecule has 3 nitrogen and oxygen atoms in total. The van der Waals surface area contributed by atoms with Crippen molar-refractivity contribution in [3.8, 4) is 11.5 Å². The Morgan fingerprint density at radius 2 is 1.52 bits per heavy atom. The summed E-state index contributed by atoms with van der Waals surface area (Å²) < 4.78 is 10.8. The second-order valence-electron chi connectivity index (χ2n) is 5.09. The summed E-state index contributed by atoms with van der Waals surface area (Å²) in [6, 6.07) is 16.7. The molecule has 0 aliphatic carbocycles. The van der Waals surface area contributed by atoms with E-state index in [9.17, 15) is 0 Å². The van der Waals surface area contributed by atoms with Crippen molar-refractivity contribution in [1.82, 2.24) is 4.98 Å². The van der Waals surface area contributed by atoms with E-state index < -0.39 is 0 Å². The van der Waals surface area contributed by atoms with Gasteiger partial charge in [0.1, 0.15) is 0 Å². The predicted octanol–water partition coefficient (Wildman–Crippen LogP) is 4.49. The fraction of sp³-hybridized carbons (Fsp3) is 0.111. The van der Waals surface area contributed by atoms with Crippen LogP contribution in [0.4, 0.5) is 0 Å². The van der Waals surface area contributed by atoms with Crippen molar-refractivity contribution in [2.24, 2.45) is 0 Å². The molecule has 104 valence electrons. The van der Waals surface area contributed by atoms with Crippen LogP contribution in [0, 0.1) is 0 Å². The van der Waals surface area contributed by atoms with Gasteiger partial charge in [-0.2, -0.15) is 0 Å². The third-order valence-corrected chi connectivity index (χ3v) is 4.00. The topological polar surface area (TPSA) is 34.2 Å². The highest BCUT2D eigenvalue weighted by Gasteiger charge is 2.11. The first-order valence-corrected chi connectivity index (χ1v) is 6.87. The number of nitrogens with one attached hydrogen (secondary N) is 1. The molecule has 4 aromatic rings. The molecular weight excluding hydrogens is 262 g/mol. The number of benzene rings is 3. The largest absolute Gasteiger partial charge is 0.493 e. The summed E-state index contributed by atoms with van der Waals surface area (Å²) in [5.41, 5.74) is 2.28. The van der Waals surface area contributed by atoms with Crippen molar-refractivity contribution < 1.29 is 9.47 Å². The van der Waals surface area contributed by atoms with E-state index in [1.807, 2.05) is 18.2 Å². The lowest BCUT2D eigenvalue weighted by Gasteiger charge is -2.09. The van der Waals surface area contributed by atoms with Gasteiger partial charge in [0.15, 0.2) is 11.5 Å². The van der Waals surface area contributed by atoms with Crippen molar-refractivity contribution >= 4 is 32.6 Å². The Morgan fingerprint density at radius 1 is 0.762 bits per heavy atom. The minimum absolute atomic E-state index is 0.746. The number of H-pyrrole nitrogens is 1. The smallest absolute Gasteiger partial charge is 0.161 e. The highest BCUT2D eigenvalue weighted by Crippen LogP contribution is 2.37. The Bertz CT molecular complexity index is 969. The molecule has 3 aromatic carbocycles. The summed E-state index contributed by atoms with van der Waals surface area (Å²) in [5.74, 6) is 1.50. The van der Waals surface area contributed by atoms with E-state index in [-0.39, 0.29) is 0 Å². The first-order chi connectivity index (χ1) is 10.3. The number of rotatable bonds is 2. The fourth-order valence-corrected chi connectivity index (χ4v) is 2.97. The Hall–Kier alpha value is -2.68. The number of methoxy groups -OCH3 is 2. The molecule has 0 saturated carbocycles. The summed E-state index contributed by atoms with van der Waals surface area (Å²) in [5, 5.41) is 4.74. The maximum atomic E-state index is 5.43. The van der Waals surface area contributed by atoms with Gasteiger partial charge in [0.05, 0.1) is 19.7 Å². The molecule has 1 aromatic heterocycles. The van der Waals surface area contributed by atoms with E-state index >= 15 is 0 Å². The molecule has 1 N–H and O–H groups in total. The number of hydrogen-bond donors (Lipinski definition) is 1. The third kappa shape index (κ3) is 1.67. The average Bonchev–Trinajstić information content (AvgIpc) is 2.92. The van der Waals surface area contributed by atoms with E-state index in [0.29, 0.717) is 0 Å². The zero-order valence-corrected chi connectivity index (χ0v) is 11.9. The summed E-state index contributed by atoms with van der Waals surface area (Å²) in [6.07, 6.45) is 0. The normalized spacial score (nSPS) is 11.3. The average molecular weight is 277 g/mol. The van der Waals surface area contributed by atoms with Gasteiger partial charge in [-0.15, -0.1) is 0 Å². The van der Waals surface area contributed by atoms with Crippen molar-refractivity contribution in [2.45, 2.75) is 0 Å². The first kappa shape index (κ1) is 12.1. The standard InChI is InChI=1S/C18H15NO2/c1-20-16-9-11-7-8-13-12-5-3-4-6-15(12)19-18(13)14(11)10-17(16)21-2/h3-10,19H,1-2H3. The van der Waals surface area contributed by atoms with E-state index in [1.165, 1.54) is 10.8 Å². The lowest BCUT2D eigenvalue weighted by Crippen LogP contribution is -1.90. The van der Waals surface area contributed by atoms with Gasteiger partial charge in [-0.25, -0.2) is 0 Å². The number of aromatic amines is 1. The first-order valence-electron chi connectivity index (χ1n) is 6.87. The molecule has 0 unspecified atom stereocenters. The van der Waals surface area contributed by atoms with Crippen molar-refractivity contribution in [3.05, 3.63) is 48.5 Å². The van der Waals surface area contributed by atoms with Crippen LogP contribution >= 0.6 is 0 Å². The van der Waals surface area contributed by atoms with Crippen LogP contribution in [-0.2, 0) is 0 Å². The Balaban J connectivity index is 2.17. The molecule has 0 fully saturated rings. The van der Waals surface area contributed by atoms with Crippen LogP contribution in [0.1, 0.15) is 0 Å². The summed E-state index contributed by atoms with van der Waals surface area (Å²) >= 11 is 0. The summed E-state index contributed by atoms with van der Waals surface area (Å²) in [6.45, 7) is 0. The fourth-order valence-electron chi connectivity index (χ4n) is 2.97. The Labute approximate surface area is 122 Å². The zero-order chi connectivity index (χ0) is 14.4. The Kier molecular flexibility index (Phi) is 2.54. The monoisotopic (exact) mass is 277 g/mol. The number of fused-ring (bicyclic) bond motifs is 5. The van der Waals surface area contributed by atoms with Gasteiger partial charge >= 0.3 is 0 Å². The van der Waals surface area contributed by atoms with Crippen molar-refractivity contribution in [1.29, 1.82) is 0 Å². The zero-order valence-electron chi connectivity index (χ0n) is 11.9. The van der Waals surface area contributed by atoms with Crippen molar-refractivity contribution in [3.63, 3.8) is 0 Å². The minimum Gasteiger partial charge on any atom is -0.493 e. The lowest BCUT2D eigenvalue weighted by atomic mass is 10.0. The molecular formula is C18H15NO2. The summed E-state index contributed by atoms with van der Waals surface area (Å²) in [4.78, 5) is 3.51. The highest BCUT2D eigenvalue weighted by atomic mass is 16.5. The molecule has 1 heterocycles. The lowest BCUT2D eigenvalue weighted by molar-refractivity contribution is 0.356. The maximum absolute atomic E-state index is 5.43. The van der Waals surface area contributed by atoms with Crippen LogP contribution in [0.25, 0.3) is 32.6 Å². The van der Waals surface area contributed by atoms with Gasteiger partial charge < -0.3 is 14.5 Å². The minimum atomic E-state index is 0.746. The Morgan fingerprint density at radius 3 is 2.33 bits per heavy atom. The van der Waals surface area contributed by atoms with Gasteiger partial charge in [0, 0.05) is 21.7 Å². The van der Waals surface area contributed by atoms with Crippen molar-refractivity contribution in [2.75, 3.05) is 14.2 Å². The van der Waals surface area contributed by atoms with Gasteiger partial charge in [0.2, 0.25) is 0 Å². The van der Waals surface area contributed by atoms with E-state index in [0.717, 1.165) is 33.3 Å². The second-order valence-corrected chi connectivity index (χ2v) is 5.09. The number of para-hydroxylation sites is 1. The van der Waals surface area contributed by atoms with Crippen LogP contribution in [0.5, 0.6) is 11.5 Å². The van der Waals surface area contributed by atoms with Crippen LogP contribution in [0.3, 0.4) is 0 Å². The molecule has 0 saturated heterocycles. The van der Waals surface area contributed by atoms with Gasteiger partial charge in [-0.05, 0) is 23.6 Å². The molecule has 0 aliphatic rings. The molecule has 0 spiro atoms. The van der Waals surface area contributed by atoms with Crippen LogP contribution < -0.4 is 9.47 Å². The molecule has 0 atom stereocenters. The van der Waals surface area contributed by atoms with E-state index in [1.54, 1.807) is 14.2 Å². The predicted molar refractivity (Wildman–Crippen MR) is 86.4 cm³/mol. The van der Waals surface area contributed by atoms with Crippen LogP contribution in [0.15, 0.2) is 48.5 Å². The maximum Gasteiger partial charge on any atom is 0.161 e. The molecule has 3 heteroatoms.